The van der Waals surface area contributed by atoms with E-state index in [1.807, 2.05) is 0 Å². The van der Waals surface area contributed by atoms with Crippen LogP contribution in [0.4, 0.5) is 0 Å². The maximum absolute atomic E-state index is 12.0. The number of phenolic OH excluding ortho intramolecular Hbond substituents is 1. The summed E-state index contributed by atoms with van der Waals surface area (Å²) in [6, 6.07) is 4.98. The fraction of sp³-hybridized carbons (Fsp3) is 0.462. The van der Waals surface area contributed by atoms with E-state index in [2.05, 4.69) is 27.9 Å². The fourth-order valence-electron chi connectivity index (χ4n) is 2.23. The summed E-state index contributed by atoms with van der Waals surface area (Å²) in [5.74, 6) is 0.129. The van der Waals surface area contributed by atoms with Gasteiger partial charge >= 0.3 is 0 Å². The van der Waals surface area contributed by atoms with Gasteiger partial charge in [-0.15, -0.1) is 11.6 Å². The lowest BCUT2D eigenvalue weighted by molar-refractivity contribution is 0.0945. The molecule has 5 heteroatoms. The van der Waals surface area contributed by atoms with Gasteiger partial charge in [-0.3, -0.25) is 4.79 Å². The second-order valence-corrected chi connectivity index (χ2v) is 6.38. The second kappa shape index (κ2) is 6.10. The van der Waals surface area contributed by atoms with Crippen LogP contribution in [0.5, 0.6) is 5.75 Å². The molecule has 0 radical (unpaired) electrons. The van der Waals surface area contributed by atoms with Gasteiger partial charge in [-0.05, 0) is 59.5 Å². The predicted octanol–water partition coefficient (Wildman–Crippen LogP) is 3.13. The minimum absolute atomic E-state index is 0.0155. The first kappa shape index (κ1) is 13.9. The van der Waals surface area contributed by atoms with Crippen molar-refractivity contribution >= 4 is 40.1 Å². The molecule has 2 unspecified atom stereocenters. The Hall–Kier alpha value is -0.490. The van der Waals surface area contributed by atoms with Crippen LogP contribution < -0.4 is 5.32 Å². The third kappa shape index (κ3) is 3.29. The van der Waals surface area contributed by atoms with Crippen LogP contribution in [0.25, 0.3) is 0 Å². The quantitative estimate of drug-likeness (QED) is 0.626. The molecule has 2 rings (SSSR count). The highest BCUT2D eigenvalue weighted by molar-refractivity contribution is 14.1. The van der Waals surface area contributed by atoms with Crippen molar-refractivity contribution in [1.82, 2.24) is 5.32 Å². The summed E-state index contributed by atoms with van der Waals surface area (Å²) in [4.78, 5) is 12.0. The number of alkyl halides is 1. The molecule has 18 heavy (non-hydrogen) atoms. The summed E-state index contributed by atoms with van der Waals surface area (Å²) < 4.78 is 0.923. The van der Waals surface area contributed by atoms with Gasteiger partial charge in [0, 0.05) is 15.5 Å². The smallest absolute Gasteiger partial charge is 0.255 e. The molecule has 1 aliphatic carbocycles. The number of phenols is 1. The molecule has 1 fully saturated rings. The van der Waals surface area contributed by atoms with Crippen LogP contribution in [0.15, 0.2) is 18.2 Å². The molecular formula is C13H15ClINO2. The molecule has 0 heterocycles. The zero-order chi connectivity index (χ0) is 13.1. The lowest BCUT2D eigenvalue weighted by Crippen LogP contribution is -2.31. The normalized spacial score (nSPS) is 23.0. The van der Waals surface area contributed by atoms with Gasteiger partial charge in [-0.1, -0.05) is 6.42 Å². The molecule has 0 aromatic heterocycles. The Bertz CT molecular complexity index is 453. The van der Waals surface area contributed by atoms with Crippen molar-refractivity contribution in [3.8, 4) is 5.75 Å². The van der Waals surface area contributed by atoms with E-state index in [4.69, 9.17) is 11.6 Å². The minimum Gasteiger partial charge on any atom is -0.507 e. The molecule has 1 aromatic rings. The van der Waals surface area contributed by atoms with Crippen LogP contribution in [-0.2, 0) is 0 Å². The van der Waals surface area contributed by atoms with Gasteiger partial charge in [-0.2, -0.15) is 0 Å². The second-order valence-electron chi connectivity index (χ2n) is 4.58. The number of carbonyl (C=O) groups excluding carboxylic acids is 1. The van der Waals surface area contributed by atoms with Crippen molar-refractivity contribution in [2.75, 3.05) is 6.54 Å². The molecule has 0 bridgehead atoms. The largest absolute Gasteiger partial charge is 0.507 e. The van der Waals surface area contributed by atoms with Crippen molar-refractivity contribution in [3.63, 3.8) is 0 Å². The van der Waals surface area contributed by atoms with Crippen LogP contribution in [0, 0.1) is 9.49 Å². The topological polar surface area (TPSA) is 49.3 Å². The van der Waals surface area contributed by atoms with E-state index in [1.165, 1.54) is 6.07 Å². The highest BCUT2D eigenvalue weighted by Crippen LogP contribution is 2.29. The molecule has 0 aliphatic heterocycles. The molecule has 1 aromatic carbocycles. The molecule has 1 saturated carbocycles. The van der Waals surface area contributed by atoms with E-state index in [9.17, 15) is 9.90 Å². The number of benzene rings is 1. The molecule has 1 amide bonds. The van der Waals surface area contributed by atoms with E-state index >= 15 is 0 Å². The van der Waals surface area contributed by atoms with Gasteiger partial charge in [0.2, 0.25) is 0 Å². The monoisotopic (exact) mass is 379 g/mol. The van der Waals surface area contributed by atoms with E-state index in [-0.39, 0.29) is 17.0 Å². The molecule has 98 valence electrons. The molecule has 0 spiro atoms. The van der Waals surface area contributed by atoms with Gasteiger partial charge in [0.25, 0.3) is 5.91 Å². The van der Waals surface area contributed by atoms with Crippen LogP contribution in [0.3, 0.4) is 0 Å². The van der Waals surface area contributed by atoms with Crippen LogP contribution in [0.2, 0.25) is 0 Å². The average Bonchev–Trinajstić information content (AvgIpc) is 2.75. The third-order valence-corrected chi connectivity index (χ3v) is 4.54. The number of rotatable bonds is 3. The Balaban J connectivity index is 1.97. The van der Waals surface area contributed by atoms with Gasteiger partial charge < -0.3 is 10.4 Å². The molecular weight excluding hydrogens is 365 g/mol. The molecule has 0 saturated heterocycles. The van der Waals surface area contributed by atoms with Crippen LogP contribution in [0.1, 0.15) is 29.6 Å². The van der Waals surface area contributed by atoms with Crippen molar-refractivity contribution in [3.05, 3.63) is 27.3 Å². The van der Waals surface area contributed by atoms with E-state index in [0.717, 1.165) is 22.8 Å². The summed E-state index contributed by atoms with van der Waals surface area (Å²) in [6.45, 7) is 0.581. The summed E-state index contributed by atoms with van der Waals surface area (Å²) in [5.41, 5.74) is 0.325. The van der Waals surface area contributed by atoms with Crippen molar-refractivity contribution in [2.24, 2.45) is 5.92 Å². The maximum Gasteiger partial charge on any atom is 0.255 e. The van der Waals surface area contributed by atoms with Gasteiger partial charge in [0.05, 0.1) is 5.56 Å². The highest BCUT2D eigenvalue weighted by atomic mass is 127. The van der Waals surface area contributed by atoms with E-state index in [0.29, 0.717) is 18.0 Å². The lowest BCUT2D eigenvalue weighted by atomic mass is 10.1. The maximum atomic E-state index is 12.0. The van der Waals surface area contributed by atoms with Gasteiger partial charge in [0.15, 0.2) is 0 Å². The fourth-order valence-corrected chi connectivity index (χ4v) is 3.09. The lowest BCUT2D eigenvalue weighted by Gasteiger charge is -2.14. The molecule has 2 N–H and O–H groups in total. The third-order valence-electron chi connectivity index (χ3n) is 3.29. The summed E-state index contributed by atoms with van der Waals surface area (Å²) >= 11 is 8.28. The Morgan fingerprint density at radius 1 is 1.50 bits per heavy atom. The van der Waals surface area contributed by atoms with Crippen molar-refractivity contribution < 1.29 is 9.90 Å². The Labute approximate surface area is 125 Å². The summed E-state index contributed by atoms with van der Waals surface area (Å²) in [7, 11) is 0. The Morgan fingerprint density at radius 2 is 2.28 bits per heavy atom. The number of nitrogens with one attached hydrogen (secondary N) is 1. The van der Waals surface area contributed by atoms with E-state index in [1.54, 1.807) is 12.1 Å². The number of carbonyl (C=O) groups is 1. The van der Waals surface area contributed by atoms with Crippen LogP contribution in [-0.4, -0.2) is 22.9 Å². The SMILES string of the molecule is O=C(NCC1CCCC1Cl)c1cc(I)ccc1O. The zero-order valence-corrected chi connectivity index (χ0v) is 12.7. The first-order valence-corrected chi connectivity index (χ1v) is 7.50. The number of hydrogen-bond donors (Lipinski definition) is 2. The van der Waals surface area contributed by atoms with E-state index < -0.39 is 0 Å². The minimum atomic E-state index is -0.234. The number of amides is 1. The summed E-state index contributed by atoms with van der Waals surface area (Å²) in [6.07, 6.45) is 3.21. The standard InChI is InChI=1S/C13H15ClINO2/c14-11-3-1-2-8(11)7-16-13(18)10-6-9(15)4-5-12(10)17/h4-6,8,11,17H,1-3,7H2,(H,16,18). The average molecular weight is 380 g/mol. The van der Waals surface area contributed by atoms with Crippen LogP contribution >= 0.6 is 34.2 Å². The predicted molar refractivity (Wildman–Crippen MR) is 80.1 cm³/mol. The number of halogens is 2. The zero-order valence-electron chi connectivity index (χ0n) is 9.83. The van der Waals surface area contributed by atoms with Gasteiger partial charge in [0.1, 0.15) is 5.75 Å². The number of aromatic hydroxyl groups is 1. The van der Waals surface area contributed by atoms with Crippen molar-refractivity contribution in [1.29, 1.82) is 0 Å². The highest BCUT2D eigenvalue weighted by Gasteiger charge is 2.25. The molecule has 2 atom stereocenters. The Morgan fingerprint density at radius 3 is 2.94 bits per heavy atom. The first-order valence-electron chi connectivity index (χ1n) is 5.98. The first-order chi connectivity index (χ1) is 8.58. The summed E-state index contributed by atoms with van der Waals surface area (Å²) in [5, 5.41) is 12.7. The Kier molecular flexibility index (Phi) is 4.72. The molecule has 1 aliphatic rings. The molecule has 3 nitrogen and oxygen atoms in total. The van der Waals surface area contributed by atoms with Crippen molar-refractivity contribution in [2.45, 2.75) is 24.6 Å². The number of hydrogen-bond acceptors (Lipinski definition) is 2. The van der Waals surface area contributed by atoms with Gasteiger partial charge in [-0.25, -0.2) is 0 Å².